The number of rotatable bonds is 12. The first-order chi connectivity index (χ1) is 23.4. The van der Waals surface area contributed by atoms with E-state index in [0.717, 1.165) is 43.9 Å². The van der Waals surface area contributed by atoms with Gasteiger partial charge in [-0.05, 0) is 70.7 Å². The number of benzene rings is 1. The number of halogens is 3. The highest BCUT2D eigenvalue weighted by Gasteiger charge is 2.36. The fourth-order valence-corrected chi connectivity index (χ4v) is 8.81. The third-order valence-corrected chi connectivity index (χ3v) is 12.3. The molecule has 0 bridgehead atoms. The number of alkyl halides is 3. The summed E-state index contributed by atoms with van der Waals surface area (Å²) in [5.74, 6) is 0.748. The van der Waals surface area contributed by atoms with E-state index in [9.17, 15) is 36.6 Å². The Bertz CT molecular complexity index is 1600. The zero-order valence-electron chi connectivity index (χ0n) is 29.4. The van der Waals surface area contributed by atoms with E-state index in [1.165, 1.54) is 42.0 Å². The van der Waals surface area contributed by atoms with Crippen LogP contribution in [-0.4, -0.2) is 124 Å². The Morgan fingerprint density at radius 3 is 2.34 bits per heavy atom. The maximum absolute atomic E-state index is 14.2. The highest BCUT2D eigenvalue weighted by atomic mass is 32.2. The number of amides is 1. The molecule has 2 aromatic rings. The molecule has 4 heterocycles. The van der Waals surface area contributed by atoms with Gasteiger partial charge < -0.3 is 25.3 Å². The summed E-state index contributed by atoms with van der Waals surface area (Å²) in [5, 5.41) is 28.8. The number of nitrogens with zero attached hydrogens (tertiary/aromatic N) is 5. The summed E-state index contributed by atoms with van der Waals surface area (Å²) in [6.07, 6.45) is -0.352. The number of piperidine rings is 2. The first-order valence-corrected chi connectivity index (χ1v) is 20.3. The Hall–Kier alpha value is -2.21. The van der Waals surface area contributed by atoms with E-state index in [1.54, 1.807) is 4.68 Å². The molecule has 2 saturated heterocycles. The monoisotopic (exact) mass is 744 g/mol. The van der Waals surface area contributed by atoms with Crippen molar-refractivity contribution in [2.45, 2.75) is 94.8 Å². The van der Waals surface area contributed by atoms with Crippen LogP contribution in [0.15, 0.2) is 23.1 Å². The molecule has 50 heavy (non-hydrogen) atoms. The normalized spacial score (nSPS) is 20.2. The molecule has 11 nitrogen and oxygen atoms in total. The minimum Gasteiger partial charge on any atom is -0.390 e. The second kappa shape index (κ2) is 15.8. The molecule has 1 amide bonds. The van der Waals surface area contributed by atoms with Crippen molar-refractivity contribution in [3.8, 4) is 11.3 Å². The molecule has 1 aromatic carbocycles. The van der Waals surface area contributed by atoms with E-state index in [-0.39, 0.29) is 30.6 Å². The van der Waals surface area contributed by atoms with Crippen LogP contribution in [0.5, 0.6) is 0 Å². The SMILES string of the molecule is CC1CCN(CCSc2cc(-c3nn(C[C@@H](O)CN4CCC(NC(=O)C(C)(C)O)CC4)c4c3CN(S(C)(=O)=O)CC4)ccc2C(F)(F)F)CC1. The van der Waals surface area contributed by atoms with E-state index in [2.05, 4.69) is 22.0 Å². The van der Waals surface area contributed by atoms with Gasteiger partial charge in [-0.1, -0.05) is 13.0 Å². The summed E-state index contributed by atoms with van der Waals surface area (Å²) in [4.78, 5) is 16.7. The molecule has 2 fully saturated rings. The summed E-state index contributed by atoms with van der Waals surface area (Å²) in [6, 6.07) is 3.95. The molecule has 3 aliphatic heterocycles. The molecule has 5 rings (SSSR count). The zero-order chi connectivity index (χ0) is 36.4. The maximum Gasteiger partial charge on any atom is 0.417 e. The molecule has 0 unspecified atom stereocenters. The van der Waals surface area contributed by atoms with Crippen molar-refractivity contribution in [1.29, 1.82) is 0 Å². The molecule has 1 atom stereocenters. The Balaban J connectivity index is 1.33. The summed E-state index contributed by atoms with van der Waals surface area (Å²) in [7, 11) is -3.54. The van der Waals surface area contributed by atoms with E-state index >= 15 is 0 Å². The largest absolute Gasteiger partial charge is 0.417 e. The van der Waals surface area contributed by atoms with Crippen LogP contribution in [0.4, 0.5) is 13.2 Å². The number of sulfonamides is 1. The quantitative estimate of drug-likeness (QED) is 0.280. The van der Waals surface area contributed by atoms with Gasteiger partial charge in [-0.25, -0.2) is 8.42 Å². The molecule has 3 N–H and O–H groups in total. The molecule has 3 aliphatic rings. The first kappa shape index (κ1) is 39.0. The third-order valence-electron chi connectivity index (χ3n) is 10.0. The lowest BCUT2D eigenvalue weighted by Crippen LogP contribution is -2.51. The molecular formula is C34H51F3N6O5S2. The average Bonchev–Trinajstić information content (AvgIpc) is 3.39. The highest BCUT2D eigenvalue weighted by Crippen LogP contribution is 2.40. The molecular weight excluding hydrogens is 694 g/mol. The summed E-state index contributed by atoms with van der Waals surface area (Å²) in [6.45, 7) is 9.73. The molecule has 0 radical (unpaired) electrons. The van der Waals surface area contributed by atoms with Crippen molar-refractivity contribution in [3.05, 3.63) is 35.0 Å². The van der Waals surface area contributed by atoms with Crippen LogP contribution in [0, 0.1) is 5.92 Å². The van der Waals surface area contributed by atoms with Gasteiger partial charge in [0.05, 0.1) is 30.2 Å². The number of likely N-dealkylation sites (tertiary alicyclic amines) is 2. The highest BCUT2D eigenvalue weighted by molar-refractivity contribution is 7.99. The van der Waals surface area contributed by atoms with Crippen molar-refractivity contribution in [3.63, 3.8) is 0 Å². The summed E-state index contributed by atoms with van der Waals surface area (Å²) >= 11 is 1.18. The van der Waals surface area contributed by atoms with E-state index < -0.39 is 39.4 Å². The van der Waals surface area contributed by atoms with Gasteiger partial charge in [0.15, 0.2) is 0 Å². The average molecular weight is 745 g/mol. The van der Waals surface area contributed by atoms with Gasteiger partial charge in [0.1, 0.15) is 5.60 Å². The lowest BCUT2D eigenvalue weighted by molar-refractivity contribution is -0.139. The van der Waals surface area contributed by atoms with Crippen LogP contribution < -0.4 is 5.32 Å². The summed E-state index contributed by atoms with van der Waals surface area (Å²) in [5.41, 5.74) is 0.131. The third kappa shape index (κ3) is 10.0. The van der Waals surface area contributed by atoms with E-state index in [0.29, 0.717) is 73.9 Å². The van der Waals surface area contributed by atoms with Gasteiger partial charge >= 0.3 is 6.18 Å². The molecule has 0 aliphatic carbocycles. The van der Waals surface area contributed by atoms with Gasteiger partial charge in [-0.15, -0.1) is 11.8 Å². The lowest BCUT2D eigenvalue weighted by atomic mass is 9.99. The number of nitrogens with one attached hydrogen (secondary N) is 1. The standard InChI is InChI=1S/C34H51F3N6O5S2/c1-23-7-12-40(13-8-23)17-18-49-30-19-24(5-6-28(30)34(35,36)37)31-27-22-42(50(4,47)48)16-11-29(27)43(39-31)21-26(44)20-41-14-9-25(10-15-41)38-32(45)33(2,3)46/h5-6,19,23,25-26,44,46H,7-18,20-22H2,1-4H3,(H,38,45)/t26-/m0/s1. The molecule has 1 aromatic heterocycles. The van der Waals surface area contributed by atoms with E-state index in [1.807, 2.05) is 0 Å². The van der Waals surface area contributed by atoms with Gasteiger partial charge in [-0.2, -0.15) is 22.6 Å². The fraction of sp³-hybridized carbons (Fsp3) is 0.706. The number of aromatic nitrogens is 2. The second-order valence-electron chi connectivity index (χ2n) is 14.6. The number of fused-ring (bicyclic) bond motifs is 1. The topological polar surface area (TPSA) is 131 Å². The maximum atomic E-state index is 14.2. The molecule has 0 saturated carbocycles. The van der Waals surface area contributed by atoms with Crippen molar-refractivity contribution < 1.29 is 36.6 Å². The predicted molar refractivity (Wildman–Crippen MR) is 187 cm³/mol. The molecule has 280 valence electrons. The van der Waals surface area contributed by atoms with Crippen LogP contribution in [0.25, 0.3) is 11.3 Å². The molecule has 16 heteroatoms. The van der Waals surface area contributed by atoms with Crippen LogP contribution in [0.1, 0.15) is 63.3 Å². The van der Waals surface area contributed by atoms with Crippen LogP contribution in [0.3, 0.4) is 0 Å². The van der Waals surface area contributed by atoms with Gasteiger partial charge in [-0.3, -0.25) is 9.48 Å². The van der Waals surface area contributed by atoms with Crippen LogP contribution >= 0.6 is 11.8 Å². The second-order valence-corrected chi connectivity index (χ2v) is 17.8. The summed E-state index contributed by atoms with van der Waals surface area (Å²) < 4.78 is 70.6. The van der Waals surface area contributed by atoms with Crippen LogP contribution in [-0.2, 0) is 40.5 Å². The Labute approximate surface area is 297 Å². The van der Waals surface area contributed by atoms with Crippen molar-refractivity contribution in [1.82, 2.24) is 29.2 Å². The zero-order valence-corrected chi connectivity index (χ0v) is 31.0. The first-order valence-electron chi connectivity index (χ1n) is 17.4. The Morgan fingerprint density at radius 1 is 1.06 bits per heavy atom. The van der Waals surface area contributed by atoms with Gasteiger partial charge in [0.25, 0.3) is 5.91 Å². The van der Waals surface area contributed by atoms with Gasteiger partial charge in [0.2, 0.25) is 10.0 Å². The minimum absolute atomic E-state index is 0.0420. The van der Waals surface area contributed by atoms with Crippen LogP contribution in [0.2, 0.25) is 0 Å². The predicted octanol–water partition coefficient (Wildman–Crippen LogP) is 3.42. The number of carbonyl (C=O) groups excluding carboxylic acids is 1. The molecule has 0 spiro atoms. The van der Waals surface area contributed by atoms with Crippen molar-refractivity contribution in [2.75, 3.05) is 57.8 Å². The fourth-order valence-electron chi connectivity index (χ4n) is 6.90. The van der Waals surface area contributed by atoms with Crippen molar-refractivity contribution in [2.24, 2.45) is 5.92 Å². The number of carbonyl (C=O) groups is 1. The Kier molecular flexibility index (Phi) is 12.3. The number of aliphatic hydroxyl groups excluding tert-OH is 1. The lowest BCUT2D eigenvalue weighted by Gasteiger charge is -2.34. The smallest absolute Gasteiger partial charge is 0.390 e. The number of β-amino-alcohol motifs (C(OH)–C–C–N with tert-alkyl or cyclic N) is 1. The number of hydrogen-bond acceptors (Lipinski definition) is 9. The number of thioether (sulfide) groups is 1. The Morgan fingerprint density at radius 2 is 1.72 bits per heavy atom. The minimum atomic E-state index is -4.53. The number of hydrogen-bond donors (Lipinski definition) is 3. The van der Waals surface area contributed by atoms with Gasteiger partial charge in [0, 0.05) is 79.2 Å². The van der Waals surface area contributed by atoms with E-state index in [4.69, 9.17) is 5.10 Å². The van der Waals surface area contributed by atoms with Crippen molar-refractivity contribution >= 4 is 27.7 Å². The number of aliphatic hydroxyl groups is 2.